The van der Waals surface area contributed by atoms with Crippen molar-refractivity contribution in [1.82, 2.24) is 4.90 Å². The molecule has 1 aromatic rings. The molecule has 5 heteroatoms. The van der Waals surface area contributed by atoms with Crippen molar-refractivity contribution in [3.63, 3.8) is 0 Å². The third kappa shape index (κ3) is 3.83. The Morgan fingerprint density at radius 1 is 1.48 bits per heavy atom. The molecule has 2 unspecified atom stereocenters. The highest BCUT2D eigenvalue weighted by molar-refractivity contribution is 9.10. The second-order valence-corrected chi connectivity index (χ2v) is 7.02. The fraction of sp³-hybridized carbons (Fsp3) is 0.562. The van der Waals surface area contributed by atoms with E-state index >= 15 is 0 Å². The van der Waals surface area contributed by atoms with E-state index in [0.29, 0.717) is 28.9 Å². The minimum absolute atomic E-state index is 0.0731. The number of carbonyl (C=O) groups is 1. The van der Waals surface area contributed by atoms with Crippen LogP contribution in [-0.2, 0) is 4.79 Å². The molecular formula is C16H22BrFN2O. The van der Waals surface area contributed by atoms with Gasteiger partial charge in [0.2, 0.25) is 5.91 Å². The Bertz CT molecular complexity index is 521. The number of nitrogens with two attached hydrogens (primary N) is 1. The van der Waals surface area contributed by atoms with Crippen molar-refractivity contribution >= 4 is 21.8 Å². The van der Waals surface area contributed by atoms with E-state index in [-0.39, 0.29) is 23.8 Å². The summed E-state index contributed by atoms with van der Waals surface area (Å²) in [6, 6.07) is 4.36. The zero-order valence-electron chi connectivity index (χ0n) is 12.5. The average molecular weight is 357 g/mol. The molecule has 2 N–H and O–H groups in total. The first-order valence-corrected chi connectivity index (χ1v) is 8.19. The number of hydrogen-bond donors (Lipinski definition) is 1. The van der Waals surface area contributed by atoms with Crippen LogP contribution >= 0.6 is 15.9 Å². The molecule has 0 aliphatic carbocycles. The van der Waals surface area contributed by atoms with Gasteiger partial charge >= 0.3 is 0 Å². The van der Waals surface area contributed by atoms with Crippen LogP contribution in [0.5, 0.6) is 0 Å². The van der Waals surface area contributed by atoms with Gasteiger partial charge in [-0.05, 0) is 30.9 Å². The molecule has 1 aromatic carbocycles. The summed E-state index contributed by atoms with van der Waals surface area (Å²) in [5, 5.41) is 0. The summed E-state index contributed by atoms with van der Waals surface area (Å²) in [6.07, 6.45) is 2.00. The maximum absolute atomic E-state index is 14.4. The molecule has 0 aromatic heterocycles. The highest BCUT2D eigenvalue weighted by Gasteiger charge is 2.34. The summed E-state index contributed by atoms with van der Waals surface area (Å²) in [7, 11) is 0. The number of carbonyl (C=O) groups excluding carboxylic acids is 1. The molecule has 0 bridgehead atoms. The van der Waals surface area contributed by atoms with Gasteiger partial charge in [-0.15, -0.1) is 0 Å². The standard InChI is InChI=1S/C16H22BrFN2O/c1-10(2)9-20-15(21)5-3-4-14(19)16(20)12-7-6-11(17)8-13(12)18/h6-8,10,14,16H,3-5,9,19H2,1-2H3. The van der Waals surface area contributed by atoms with E-state index in [4.69, 9.17) is 5.73 Å². The van der Waals surface area contributed by atoms with Crippen LogP contribution in [0.4, 0.5) is 4.39 Å². The predicted octanol–water partition coefficient (Wildman–Crippen LogP) is 3.63. The van der Waals surface area contributed by atoms with Crippen molar-refractivity contribution < 1.29 is 9.18 Å². The van der Waals surface area contributed by atoms with Crippen molar-refractivity contribution in [2.75, 3.05) is 6.54 Å². The van der Waals surface area contributed by atoms with Crippen molar-refractivity contribution in [2.45, 2.75) is 45.2 Å². The van der Waals surface area contributed by atoms with Crippen molar-refractivity contribution in [3.8, 4) is 0 Å². The number of hydrogen-bond acceptors (Lipinski definition) is 2. The lowest BCUT2D eigenvalue weighted by Crippen LogP contribution is -2.44. The van der Waals surface area contributed by atoms with Crippen LogP contribution < -0.4 is 5.73 Å². The maximum atomic E-state index is 14.4. The quantitative estimate of drug-likeness (QED) is 0.898. The van der Waals surface area contributed by atoms with Crippen molar-refractivity contribution in [3.05, 3.63) is 34.1 Å². The summed E-state index contributed by atoms with van der Waals surface area (Å²) >= 11 is 3.27. The summed E-state index contributed by atoms with van der Waals surface area (Å²) in [5.74, 6) is 0.0810. The fourth-order valence-corrected chi connectivity index (χ4v) is 3.26. The molecule has 1 aliphatic rings. The average Bonchev–Trinajstić information content (AvgIpc) is 2.51. The summed E-state index contributed by atoms with van der Waals surface area (Å²) < 4.78 is 15.0. The molecule has 1 saturated heterocycles. The highest BCUT2D eigenvalue weighted by Crippen LogP contribution is 2.33. The molecule has 21 heavy (non-hydrogen) atoms. The zero-order valence-corrected chi connectivity index (χ0v) is 14.1. The molecule has 1 heterocycles. The number of nitrogens with zero attached hydrogens (tertiary/aromatic N) is 1. The van der Waals surface area contributed by atoms with Crippen LogP contribution in [0.25, 0.3) is 0 Å². The van der Waals surface area contributed by atoms with Crippen LogP contribution in [0, 0.1) is 11.7 Å². The van der Waals surface area contributed by atoms with Crippen molar-refractivity contribution in [1.29, 1.82) is 0 Å². The monoisotopic (exact) mass is 356 g/mol. The largest absolute Gasteiger partial charge is 0.334 e. The van der Waals surface area contributed by atoms with Gasteiger partial charge < -0.3 is 10.6 Å². The fourth-order valence-electron chi connectivity index (χ4n) is 2.93. The molecule has 1 aliphatic heterocycles. The summed E-state index contributed by atoms with van der Waals surface area (Å²) in [4.78, 5) is 14.2. The zero-order chi connectivity index (χ0) is 15.6. The number of likely N-dealkylation sites (tertiary alicyclic amines) is 1. The molecule has 3 nitrogen and oxygen atoms in total. The van der Waals surface area contributed by atoms with Crippen LogP contribution in [0.3, 0.4) is 0 Å². The number of benzene rings is 1. The molecular weight excluding hydrogens is 335 g/mol. The van der Waals surface area contributed by atoms with E-state index < -0.39 is 0 Å². The third-order valence-electron chi connectivity index (χ3n) is 3.83. The molecule has 2 rings (SSSR count). The van der Waals surface area contributed by atoms with Gasteiger partial charge in [-0.25, -0.2) is 4.39 Å². The Labute approximate surface area is 133 Å². The van der Waals surface area contributed by atoms with Crippen LogP contribution in [-0.4, -0.2) is 23.4 Å². The van der Waals surface area contributed by atoms with Gasteiger partial charge in [-0.2, -0.15) is 0 Å². The van der Waals surface area contributed by atoms with Crippen LogP contribution in [0.1, 0.15) is 44.7 Å². The first-order chi connectivity index (χ1) is 9.90. The first kappa shape index (κ1) is 16.4. The van der Waals surface area contributed by atoms with Gasteiger partial charge in [0.25, 0.3) is 0 Å². The second kappa shape index (κ2) is 6.88. The normalized spacial score (nSPS) is 23.5. The van der Waals surface area contributed by atoms with E-state index in [2.05, 4.69) is 29.8 Å². The van der Waals surface area contributed by atoms with Crippen LogP contribution in [0.15, 0.2) is 22.7 Å². The molecule has 116 valence electrons. The Kier molecular flexibility index (Phi) is 5.38. The Balaban J connectivity index is 2.43. The lowest BCUT2D eigenvalue weighted by molar-refractivity contribution is -0.133. The van der Waals surface area contributed by atoms with Gasteiger partial charge in [0, 0.05) is 29.0 Å². The van der Waals surface area contributed by atoms with Crippen LogP contribution in [0.2, 0.25) is 0 Å². The lowest BCUT2D eigenvalue weighted by atomic mass is 9.95. The summed E-state index contributed by atoms with van der Waals surface area (Å²) in [6.45, 7) is 4.71. The van der Waals surface area contributed by atoms with Crippen molar-refractivity contribution in [2.24, 2.45) is 11.7 Å². The predicted molar refractivity (Wildman–Crippen MR) is 85.2 cm³/mol. The minimum Gasteiger partial charge on any atom is -0.334 e. The van der Waals surface area contributed by atoms with Gasteiger partial charge in [0.1, 0.15) is 5.82 Å². The topological polar surface area (TPSA) is 46.3 Å². The van der Waals surface area contributed by atoms with E-state index in [0.717, 1.165) is 12.8 Å². The van der Waals surface area contributed by atoms with E-state index in [1.807, 2.05) is 0 Å². The molecule has 0 spiro atoms. The Morgan fingerprint density at radius 3 is 2.81 bits per heavy atom. The van der Waals surface area contributed by atoms with E-state index in [1.165, 1.54) is 6.07 Å². The lowest BCUT2D eigenvalue weighted by Gasteiger charge is -2.35. The third-order valence-corrected chi connectivity index (χ3v) is 4.33. The Morgan fingerprint density at radius 2 is 2.19 bits per heavy atom. The molecule has 0 radical (unpaired) electrons. The maximum Gasteiger partial charge on any atom is 0.223 e. The number of halogens is 2. The minimum atomic E-state index is -0.379. The van der Waals surface area contributed by atoms with E-state index in [9.17, 15) is 9.18 Å². The number of amides is 1. The molecule has 1 fully saturated rings. The molecule has 1 amide bonds. The Hall–Kier alpha value is -0.940. The first-order valence-electron chi connectivity index (χ1n) is 7.40. The molecule has 0 saturated carbocycles. The SMILES string of the molecule is CC(C)CN1C(=O)CCCC(N)C1c1ccc(Br)cc1F. The van der Waals surface area contributed by atoms with Gasteiger partial charge in [-0.1, -0.05) is 35.8 Å². The van der Waals surface area contributed by atoms with Gasteiger partial charge in [0.05, 0.1) is 6.04 Å². The molecule has 2 atom stereocenters. The second-order valence-electron chi connectivity index (χ2n) is 6.11. The van der Waals surface area contributed by atoms with Gasteiger partial charge in [-0.3, -0.25) is 4.79 Å². The summed E-state index contributed by atoms with van der Waals surface area (Å²) in [5.41, 5.74) is 6.79. The van der Waals surface area contributed by atoms with Gasteiger partial charge in [0.15, 0.2) is 0 Å². The smallest absolute Gasteiger partial charge is 0.223 e. The number of rotatable bonds is 3. The van der Waals surface area contributed by atoms with E-state index in [1.54, 1.807) is 17.0 Å². The highest BCUT2D eigenvalue weighted by atomic mass is 79.9.